The molecular weight excluding hydrogens is 216 g/mol. The molecule has 0 amide bonds. The lowest BCUT2D eigenvalue weighted by atomic mass is 10.3. The Balaban J connectivity index is 2.18. The van der Waals surface area contributed by atoms with Crippen LogP contribution in [0, 0.1) is 0 Å². The van der Waals surface area contributed by atoms with Gasteiger partial charge in [-0.1, -0.05) is 5.16 Å². The number of nitrogens with zero attached hydrogens (tertiary/aromatic N) is 1. The van der Waals surface area contributed by atoms with E-state index in [4.69, 9.17) is 10.3 Å². The topological polar surface area (TPSA) is 52.0 Å². The summed E-state index contributed by atoms with van der Waals surface area (Å²) < 4.78 is 7.40. The molecule has 3 heterocycles. The van der Waals surface area contributed by atoms with Crippen LogP contribution in [0.25, 0.3) is 20.0 Å². The minimum atomic E-state index is 0.358. The van der Waals surface area contributed by atoms with Crippen molar-refractivity contribution < 1.29 is 4.52 Å². The summed E-state index contributed by atoms with van der Waals surface area (Å²) in [5, 5.41) is 5.96. The number of thiophene rings is 2. The van der Waals surface area contributed by atoms with Crippen molar-refractivity contribution in [2.45, 2.75) is 0 Å². The van der Waals surface area contributed by atoms with Gasteiger partial charge in [0.05, 0.1) is 4.88 Å². The maximum absolute atomic E-state index is 5.46. The predicted molar refractivity (Wildman–Crippen MR) is 59.6 cm³/mol. The van der Waals surface area contributed by atoms with Crippen LogP contribution in [0.4, 0.5) is 5.88 Å². The van der Waals surface area contributed by atoms with E-state index >= 15 is 0 Å². The van der Waals surface area contributed by atoms with E-state index in [0.29, 0.717) is 5.88 Å². The molecule has 3 aromatic heterocycles. The van der Waals surface area contributed by atoms with Gasteiger partial charge in [0.25, 0.3) is 0 Å². The highest BCUT2D eigenvalue weighted by Gasteiger charge is 2.08. The lowest BCUT2D eigenvalue weighted by molar-refractivity contribution is 0.439. The summed E-state index contributed by atoms with van der Waals surface area (Å²) in [5.74, 6) is 0.358. The van der Waals surface area contributed by atoms with Gasteiger partial charge in [0.2, 0.25) is 5.88 Å². The van der Waals surface area contributed by atoms with Crippen LogP contribution >= 0.6 is 22.7 Å². The highest BCUT2D eigenvalue weighted by atomic mass is 32.1. The molecule has 0 aliphatic rings. The highest BCUT2D eigenvalue weighted by Crippen LogP contribution is 2.36. The van der Waals surface area contributed by atoms with Gasteiger partial charge >= 0.3 is 0 Å². The van der Waals surface area contributed by atoms with Crippen LogP contribution in [0.5, 0.6) is 0 Å². The predicted octanol–water partition coefficient (Wildman–Crippen LogP) is 3.20. The van der Waals surface area contributed by atoms with E-state index in [2.05, 4.69) is 22.7 Å². The third kappa shape index (κ3) is 1.13. The van der Waals surface area contributed by atoms with E-state index in [-0.39, 0.29) is 0 Å². The van der Waals surface area contributed by atoms with E-state index < -0.39 is 0 Å². The molecule has 2 N–H and O–H groups in total. The third-order valence-electron chi connectivity index (χ3n) is 1.92. The fraction of sp³-hybridized carbons (Fsp3) is 0. The summed E-state index contributed by atoms with van der Waals surface area (Å²) in [6, 6.07) is 5.97. The van der Waals surface area contributed by atoms with E-state index in [9.17, 15) is 0 Å². The Morgan fingerprint density at radius 3 is 2.93 bits per heavy atom. The second-order valence-electron chi connectivity index (χ2n) is 2.87. The zero-order valence-corrected chi connectivity index (χ0v) is 8.69. The molecule has 0 aliphatic carbocycles. The Hall–Kier alpha value is -1.33. The first-order valence-corrected chi connectivity index (χ1v) is 5.72. The van der Waals surface area contributed by atoms with Crippen molar-refractivity contribution in [1.82, 2.24) is 5.16 Å². The molecule has 0 radical (unpaired) electrons. The maximum atomic E-state index is 5.46. The summed E-state index contributed by atoms with van der Waals surface area (Å²) >= 11 is 3.43. The van der Waals surface area contributed by atoms with Gasteiger partial charge in [-0.2, -0.15) is 0 Å². The SMILES string of the molecule is Nc1cc(-c2cc3sccc3s2)no1. The largest absolute Gasteiger partial charge is 0.368 e. The number of anilines is 1. The zero-order chi connectivity index (χ0) is 9.54. The lowest BCUT2D eigenvalue weighted by Gasteiger charge is -1.82. The Morgan fingerprint density at radius 1 is 1.29 bits per heavy atom. The highest BCUT2D eigenvalue weighted by molar-refractivity contribution is 7.28. The molecule has 0 unspecified atom stereocenters. The van der Waals surface area contributed by atoms with Crippen molar-refractivity contribution in [2.75, 3.05) is 5.73 Å². The quantitative estimate of drug-likeness (QED) is 0.688. The average molecular weight is 222 g/mol. The minimum absolute atomic E-state index is 0.358. The van der Waals surface area contributed by atoms with Crippen LogP contribution in [-0.4, -0.2) is 5.16 Å². The number of hydrogen-bond donors (Lipinski definition) is 1. The number of nitrogen functional groups attached to an aromatic ring is 1. The van der Waals surface area contributed by atoms with Crippen molar-refractivity contribution >= 4 is 38.0 Å². The molecule has 70 valence electrons. The Bertz CT molecular complexity index is 550. The van der Waals surface area contributed by atoms with Gasteiger partial charge in [-0.15, -0.1) is 22.7 Å². The van der Waals surface area contributed by atoms with Gasteiger partial charge < -0.3 is 10.3 Å². The van der Waals surface area contributed by atoms with Gasteiger partial charge in [-0.3, -0.25) is 0 Å². The van der Waals surface area contributed by atoms with E-state index in [1.807, 2.05) is 0 Å². The monoisotopic (exact) mass is 222 g/mol. The number of aromatic nitrogens is 1. The van der Waals surface area contributed by atoms with Crippen molar-refractivity contribution in [3.63, 3.8) is 0 Å². The minimum Gasteiger partial charge on any atom is -0.368 e. The van der Waals surface area contributed by atoms with E-state index in [1.165, 1.54) is 9.40 Å². The van der Waals surface area contributed by atoms with Crippen LogP contribution in [-0.2, 0) is 0 Å². The second kappa shape index (κ2) is 2.83. The number of rotatable bonds is 1. The molecule has 0 fully saturated rings. The molecule has 14 heavy (non-hydrogen) atoms. The maximum Gasteiger partial charge on any atom is 0.222 e. The summed E-state index contributed by atoms with van der Waals surface area (Å²) in [6.45, 7) is 0. The first-order chi connectivity index (χ1) is 6.83. The number of hydrogen-bond acceptors (Lipinski definition) is 5. The van der Waals surface area contributed by atoms with Crippen LogP contribution in [0.1, 0.15) is 0 Å². The van der Waals surface area contributed by atoms with Crippen LogP contribution in [0.3, 0.4) is 0 Å². The van der Waals surface area contributed by atoms with Gasteiger partial charge in [-0.05, 0) is 17.5 Å². The normalized spacial score (nSPS) is 11.1. The van der Waals surface area contributed by atoms with Crippen molar-refractivity contribution in [3.05, 3.63) is 23.6 Å². The first kappa shape index (κ1) is 8.02. The molecule has 5 heteroatoms. The summed E-state index contributed by atoms with van der Waals surface area (Å²) in [4.78, 5) is 1.10. The van der Waals surface area contributed by atoms with Crippen LogP contribution in [0.2, 0.25) is 0 Å². The standard InChI is InChI=1S/C9H6N2OS2/c10-9-3-5(11-12-9)7-4-8-6(14-7)1-2-13-8/h1-4H,10H2. The summed E-state index contributed by atoms with van der Waals surface area (Å²) in [7, 11) is 0. The molecule has 0 aromatic carbocycles. The molecule has 0 atom stereocenters. The van der Waals surface area contributed by atoms with Gasteiger partial charge in [0, 0.05) is 15.5 Å². The Labute approximate surface area is 87.8 Å². The second-order valence-corrected chi connectivity index (χ2v) is 4.91. The zero-order valence-electron chi connectivity index (χ0n) is 7.06. The third-order valence-corrected chi connectivity index (χ3v) is 4.04. The summed E-state index contributed by atoms with van der Waals surface area (Å²) in [5.41, 5.74) is 6.28. The fourth-order valence-electron chi connectivity index (χ4n) is 1.30. The molecule has 0 saturated carbocycles. The van der Waals surface area contributed by atoms with Gasteiger partial charge in [0.1, 0.15) is 5.69 Å². The average Bonchev–Trinajstić information content (AvgIpc) is 2.75. The van der Waals surface area contributed by atoms with E-state index in [1.54, 1.807) is 28.7 Å². The number of nitrogens with two attached hydrogens (primary N) is 1. The Morgan fingerprint density at radius 2 is 2.21 bits per heavy atom. The van der Waals surface area contributed by atoms with Crippen LogP contribution in [0.15, 0.2) is 28.1 Å². The molecule has 3 rings (SSSR count). The van der Waals surface area contributed by atoms with Crippen molar-refractivity contribution in [2.24, 2.45) is 0 Å². The van der Waals surface area contributed by atoms with Crippen molar-refractivity contribution in [1.29, 1.82) is 0 Å². The number of fused-ring (bicyclic) bond motifs is 1. The fourth-order valence-corrected chi connectivity index (χ4v) is 3.36. The first-order valence-electron chi connectivity index (χ1n) is 4.02. The molecular formula is C9H6N2OS2. The molecule has 0 bridgehead atoms. The van der Waals surface area contributed by atoms with Gasteiger partial charge in [-0.25, -0.2) is 0 Å². The van der Waals surface area contributed by atoms with Crippen LogP contribution < -0.4 is 5.73 Å². The molecule has 0 aliphatic heterocycles. The molecule has 0 saturated heterocycles. The van der Waals surface area contributed by atoms with Gasteiger partial charge in [0.15, 0.2) is 0 Å². The molecule has 3 nitrogen and oxygen atoms in total. The summed E-state index contributed by atoms with van der Waals surface area (Å²) in [6.07, 6.45) is 0. The Kier molecular flexibility index (Phi) is 1.62. The van der Waals surface area contributed by atoms with E-state index in [0.717, 1.165) is 10.6 Å². The lowest BCUT2D eigenvalue weighted by Crippen LogP contribution is -1.75. The molecule has 3 aromatic rings. The molecule has 0 spiro atoms. The smallest absolute Gasteiger partial charge is 0.222 e. The van der Waals surface area contributed by atoms with Crippen molar-refractivity contribution in [3.8, 4) is 10.6 Å².